The Kier molecular flexibility index (Phi) is 2.57. The maximum absolute atomic E-state index is 10.5. The standard InChI is InChI=1S/C14H20N4O/c1-13(2)10-17(9-7-14(13,3)19)12-16-15-11-6-4-5-8-18(11)12/h4-6,8,19H,7,9-10H2,1-3H3/t14-/m0/s1. The summed E-state index contributed by atoms with van der Waals surface area (Å²) >= 11 is 0. The van der Waals surface area contributed by atoms with Crippen molar-refractivity contribution in [1.29, 1.82) is 0 Å². The summed E-state index contributed by atoms with van der Waals surface area (Å²) in [5, 5.41) is 18.9. The van der Waals surface area contributed by atoms with Gasteiger partial charge in [0.2, 0.25) is 5.95 Å². The van der Waals surface area contributed by atoms with E-state index in [-0.39, 0.29) is 5.41 Å². The number of pyridine rings is 1. The number of fused-ring (bicyclic) bond motifs is 1. The van der Waals surface area contributed by atoms with E-state index in [0.717, 1.165) is 31.1 Å². The number of rotatable bonds is 1. The smallest absolute Gasteiger partial charge is 0.231 e. The molecule has 0 amide bonds. The summed E-state index contributed by atoms with van der Waals surface area (Å²) in [5.41, 5.74) is 0.0446. The molecule has 102 valence electrons. The van der Waals surface area contributed by atoms with Crippen molar-refractivity contribution in [2.24, 2.45) is 5.41 Å². The van der Waals surface area contributed by atoms with Gasteiger partial charge in [0.15, 0.2) is 5.65 Å². The minimum atomic E-state index is -0.635. The zero-order valence-corrected chi connectivity index (χ0v) is 11.7. The average Bonchev–Trinajstić information content (AvgIpc) is 2.77. The van der Waals surface area contributed by atoms with E-state index in [4.69, 9.17) is 0 Å². The molecular formula is C14H20N4O. The first-order valence-corrected chi connectivity index (χ1v) is 6.68. The van der Waals surface area contributed by atoms with Crippen LogP contribution in [0.15, 0.2) is 24.4 Å². The zero-order valence-electron chi connectivity index (χ0n) is 11.7. The number of hydrogen-bond acceptors (Lipinski definition) is 4. The molecule has 0 radical (unpaired) electrons. The van der Waals surface area contributed by atoms with Crippen molar-refractivity contribution in [2.75, 3.05) is 18.0 Å². The van der Waals surface area contributed by atoms with Crippen molar-refractivity contribution in [3.05, 3.63) is 24.4 Å². The molecule has 5 nitrogen and oxygen atoms in total. The molecule has 1 saturated heterocycles. The normalized spacial score (nSPS) is 26.8. The van der Waals surface area contributed by atoms with Gasteiger partial charge in [0.25, 0.3) is 0 Å². The van der Waals surface area contributed by atoms with Gasteiger partial charge < -0.3 is 10.0 Å². The number of piperidine rings is 1. The van der Waals surface area contributed by atoms with Gasteiger partial charge in [-0.15, -0.1) is 10.2 Å². The Morgan fingerprint density at radius 3 is 2.74 bits per heavy atom. The molecule has 2 aromatic rings. The number of aromatic nitrogens is 3. The van der Waals surface area contributed by atoms with Gasteiger partial charge in [0, 0.05) is 24.7 Å². The summed E-state index contributed by atoms with van der Waals surface area (Å²) < 4.78 is 2.00. The largest absolute Gasteiger partial charge is 0.389 e. The highest BCUT2D eigenvalue weighted by atomic mass is 16.3. The summed E-state index contributed by atoms with van der Waals surface area (Å²) in [4.78, 5) is 2.21. The van der Waals surface area contributed by atoms with E-state index < -0.39 is 5.60 Å². The van der Waals surface area contributed by atoms with Gasteiger partial charge in [-0.2, -0.15) is 0 Å². The van der Waals surface area contributed by atoms with Gasteiger partial charge in [-0.1, -0.05) is 19.9 Å². The van der Waals surface area contributed by atoms with Gasteiger partial charge in [0.1, 0.15) is 0 Å². The van der Waals surface area contributed by atoms with Crippen molar-refractivity contribution in [2.45, 2.75) is 32.8 Å². The predicted octanol–water partition coefficient (Wildman–Crippen LogP) is 1.72. The van der Waals surface area contributed by atoms with Gasteiger partial charge in [-0.25, -0.2) is 0 Å². The lowest BCUT2D eigenvalue weighted by molar-refractivity contribution is -0.0651. The van der Waals surface area contributed by atoms with E-state index in [0.29, 0.717) is 0 Å². The van der Waals surface area contributed by atoms with Crippen molar-refractivity contribution in [3.8, 4) is 0 Å². The topological polar surface area (TPSA) is 53.7 Å². The van der Waals surface area contributed by atoms with Crippen LogP contribution in [-0.4, -0.2) is 38.4 Å². The van der Waals surface area contributed by atoms with E-state index in [9.17, 15) is 5.11 Å². The van der Waals surface area contributed by atoms with E-state index in [1.165, 1.54) is 0 Å². The van der Waals surface area contributed by atoms with Gasteiger partial charge in [-0.05, 0) is 25.5 Å². The lowest BCUT2D eigenvalue weighted by Gasteiger charge is -2.48. The Labute approximate surface area is 112 Å². The van der Waals surface area contributed by atoms with E-state index in [2.05, 4.69) is 28.9 Å². The van der Waals surface area contributed by atoms with Crippen molar-refractivity contribution < 1.29 is 5.11 Å². The first-order valence-electron chi connectivity index (χ1n) is 6.68. The molecule has 0 spiro atoms. The lowest BCUT2D eigenvalue weighted by Crippen LogP contribution is -2.56. The monoisotopic (exact) mass is 260 g/mol. The molecule has 1 aliphatic rings. The molecule has 0 aromatic carbocycles. The van der Waals surface area contributed by atoms with E-state index in [1.807, 2.05) is 35.7 Å². The number of anilines is 1. The third-order valence-corrected chi connectivity index (χ3v) is 4.49. The Morgan fingerprint density at radius 1 is 1.21 bits per heavy atom. The molecule has 1 atom stereocenters. The van der Waals surface area contributed by atoms with Crippen LogP contribution in [-0.2, 0) is 0 Å². The van der Waals surface area contributed by atoms with Crippen LogP contribution in [0.1, 0.15) is 27.2 Å². The molecule has 3 heterocycles. The number of aliphatic hydroxyl groups is 1. The van der Waals surface area contributed by atoms with Crippen LogP contribution in [0.3, 0.4) is 0 Å². The Balaban J connectivity index is 1.96. The molecular weight excluding hydrogens is 240 g/mol. The molecule has 0 bridgehead atoms. The minimum absolute atomic E-state index is 0.175. The predicted molar refractivity (Wildman–Crippen MR) is 74.2 cm³/mol. The second-order valence-corrected chi connectivity index (χ2v) is 6.26. The quantitative estimate of drug-likeness (QED) is 0.848. The van der Waals surface area contributed by atoms with Crippen LogP contribution < -0.4 is 4.90 Å². The Bertz CT molecular complexity index is 602. The number of hydrogen-bond donors (Lipinski definition) is 1. The molecule has 3 rings (SSSR count). The highest BCUT2D eigenvalue weighted by Gasteiger charge is 2.44. The third-order valence-electron chi connectivity index (χ3n) is 4.49. The molecule has 1 aliphatic heterocycles. The van der Waals surface area contributed by atoms with Gasteiger partial charge >= 0.3 is 0 Å². The van der Waals surface area contributed by atoms with Crippen LogP contribution in [0, 0.1) is 5.41 Å². The summed E-state index contributed by atoms with van der Waals surface area (Å²) in [6.07, 6.45) is 2.71. The average molecular weight is 260 g/mol. The second-order valence-electron chi connectivity index (χ2n) is 6.26. The minimum Gasteiger partial charge on any atom is -0.389 e. The van der Waals surface area contributed by atoms with Crippen LogP contribution in [0.25, 0.3) is 5.65 Å². The first-order chi connectivity index (χ1) is 8.91. The molecule has 1 N–H and O–H groups in total. The first kappa shape index (κ1) is 12.4. The Morgan fingerprint density at radius 2 is 2.00 bits per heavy atom. The van der Waals surface area contributed by atoms with Gasteiger partial charge in [-0.3, -0.25) is 4.40 Å². The fourth-order valence-corrected chi connectivity index (χ4v) is 2.63. The Hall–Kier alpha value is -1.62. The summed E-state index contributed by atoms with van der Waals surface area (Å²) in [7, 11) is 0. The summed E-state index contributed by atoms with van der Waals surface area (Å²) in [5.74, 6) is 0.860. The number of nitrogens with zero attached hydrogens (tertiary/aromatic N) is 4. The fourth-order valence-electron chi connectivity index (χ4n) is 2.63. The van der Waals surface area contributed by atoms with Crippen LogP contribution in [0.5, 0.6) is 0 Å². The molecule has 5 heteroatoms. The molecule has 0 saturated carbocycles. The third kappa shape index (κ3) is 1.89. The van der Waals surface area contributed by atoms with Crippen molar-refractivity contribution in [1.82, 2.24) is 14.6 Å². The summed E-state index contributed by atoms with van der Waals surface area (Å²) in [6, 6.07) is 5.88. The fraction of sp³-hybridized carbons (Fsp3) is 0.571. The molecule has 0 unspecified atom stereocenters. The van der Waals surface area contributed by atoms with E-state index in [1.54, 1.807) is 0 Å². The maximum Gasteiger partial charge on any atom is 0.231 e. The highest BCUT2D eigenvalue weighted by Crippen LogP contribution is 2.39. The maximum atomic E-state index is 10.5. The van der Waals surface area contributed by atoms with Crippen molar-refractivity contribution in [3.63, 3.8) is 0 Å². The molecule has 1 fully saturated rings. The highest BCUT2D eigenvalue weighted by molar-refractivity contribution is 5.46. The van der Waals surface area contributed by atoms with Crippen LogP contribution in [0.2, 0.25) is 0 Å². The lowest BCUT2D eigenvalue weighted by atomic mass is 9.71. The van der Waals surface area contributed by atoms with Crippen LogP contribution >= 0.6 is 0 Å². The summed E-state index contributed by atoms with van der Waals surface area (Å²) in [6.45, 7) is 7.69. The van der Waals surface area contributed by atoms with E-state index >= 15 is 0 Å². The van der Waals surface area contributed by atoms with Crippen molar-refractivity contribution >= 4 is 11.6 Å². The SMILES string of the molecule is CC1(C)CN(c2nnc3ccccn23)CC[C@]1(C)O. The van der Waals surface area contributed by atoms with Gasteiger partial charge in [0.05, 0.1) is 5.60 Å². The second kappa shape index (κ2) is 3.93. The molecule has 0 aliphatic carbocycles. The van der Waals surface area contributed by atoms with Crippen LogP contribution in [0.4, 0.5) is 5.95 Å². The molecule has 19 heavy (non-hydrogen) atoms. The molecule has 2 aromatic heterocycles. The zero-order chi connectivity index (χ0) is 13.7.